The molecule has 1 aliphatic rings. The van der Waals surface area contributed by atoms with Crippen LogP contribution in [0.3, 0.4) is 0 Å². The van der Waals surface area contributed by atoms with Crippen LogP contribution in [0.4, 0.5) is 0 Å². The molecule has 3 nitrogen and oxygen atoms in total. The van der Waals surface area contributed by atoms with Crippen LogP contribution in [0.2, 0.25) is 0 Å². The molecule has 1 aromatic carbocycles. The van der Waals surface area contributed by atoms with Crippen LogP contribution in [0.5, 0.6) is 0 Å². The van der Waals surface area contributed by atoms with Gasteiger partial charge in [-0.05, 0) is 11.6 Å². The van der Waals surface area contributed by atoms with E-state index in [0.717, 1.165) is 18.8 Å². The van der Waals surface area contributed by atoms with Gasteiger partial charge >= 0.3 is 0 Å². The van der Waals surface area contributed by atoms with E-state index in [-0.39, 0.29) is 5.91 Å². The zero-order chi connectivity index (χ0) is 12.1. The van der Waals surface area contributed by atoms with Gasteiger partial charge in [0.25, 0.3) is 0 Å². The van der Waals surface area contributed by atoms with E-state index in [9.17, 15) is 4.79 Å². The number of thioether (sulfide) groups is 1. The first-order valence-corrected chi connectivity index (χ1v) is 6.93. The Labute approximate surface area is 106 Å². The van der Waals surface area contributed by atoms with Crippen LogP contribution in [0, 0.1) is 0 Å². The first-order valence-electron chi connectivity index (χ1n) is 5.94. The van der Waals surface area contributed by atoms with Gasteiger partial charge in [0.05, 0.1) is 0 Å². The van der Waals surface area contributed by atoms with Gasteiger partial charge in [0, 0.05) is 43.1 Å². The lowest BCUT2D eigenvalue weighted by Gasteiger charge is -2.11. The van der Waals surface area contributed by atoms with Crippen LogP contribution in [0.25, 0.3) is 0 Å². The van der Waals surface area contributed by atoms with Crippen LogP contribution >= 0.6 is 11.8 Å². The lowest BCUT2D eigenvalue weighted by molar-refractivity contribution is -0.120. The fourth-order valence-electron chi connectivity index (χ4n) is 2.00. The molecule has 4 heteroatoms. The van der Waals surface area contributed by atoms with Crippen molar-refractivity contribution in [3.63, 3.8) is 0 Å². The van der Waals surface area contributed by atoms with Gasteiger partial charge < -0.3 is 10.6 Å². The SMILES string of the molecule is CNC(=O)CCNCC1CSc2ccccc21. The fourth-order valence-corrected chi connectivity index (χ4v) is 3.26. The molecule has 0 fully saturated rings. The maximum absolute atomic E-state index is 11.1. The summed E-state index contributed by atoms with van der Waals surface area (Å²) >= 11 is 1.93. The predicted octanol–water partition coefficient (Wildman–Crippen LogP) is 1.60. The quantitative estimate of drug-likeness (QED) is 0.780. The average Bonchev–Trinajstić information content (AvgIpc) is 2.78. The van der Waals surface area contributed by atoms with E-state index in [4.69, 9.17) is 0 Å². The van der Waals surface area contributed by atoms with E-state index in [1.165, 1.54) is 10.5 Å². The second kappa shape index (κ2) is 6.07. The number of hydrogen-bond donors (Lipinski definition) is 2. The van der Waals surface area contributed by atoms with Crippen LogP contribution < -0.4 is 10.6 Å². The molecular formula is C13H18N2OS. The second-order valence-electron chi connectivity index (χ2n) is 4.17. The summed E-state index contributed by atoms with van der Waals surface area (Å²) in [6, 6.07) is 8.58. The number of nitrogens with one attached hydrogen (secondary N) is 2. The number of carbonyl (C=O) groups excluding carboxylic acids is 1. The van der Waals surface area contributed by atoms with Crippen molar-refractivity contribution < 1.29 is 4.79 Å². The smallest absolute Gasteiger partial charge is 0.221 e. The molecule has 17 heavy (non-hydrogen) atoms. The highest BCUT2D eigenvalue weighted by molar-refractivity contribution is 7.99. The van der Waals surface area contributed by atoms with Crippen molar-refractivity contribution in [3.8, 4) is 0 Å². The lowest BCUT2D eigenvalue weighted by Crippen LogP contribution is -2.27. The van der Waals surface area contributed by atoms with E-state index >= 15 is 0 Å². The minimum absolute atomic E-state index is 0.0960. The summed E-state index contributed by atoms with van der Waals surface area (Å²) in [7, 11) is 1.67. The van der Waals surface area contributed by atoms with Gasteiger partial charge in [0.2, 0.25) is 5.91 Å². The summed E-state index contributed by atoms with van der Waals surface area (Å²) in [4.78, 5) is 12.5. The number of rotatable bonds is 5. The normalized spacial score (nSPS) is 17.8. The molecule has 0 saturated heterocycles. The Bertz CT molecular complexity index is 395. The number of fused-ring (bicyclic) bond motifs is 1. The first-order chi connectivity index (χ1) is 8.31. The fraction of sp³-hybridized carbons (Fsp3) is 0.462. The van der Waals surface area contributed by atoms with Crippen molar-refractivity contribution in [1.29, 1.82) is 0 Å². The molecule has 0 radical (unpaired) electrons. The Morgan fingerprint density at radius 2 is 2.29 bits per heavy atom. The highest BCUT2D eigenvalue weighted by atomic mass is 32.2. The minimum Gasteiger partial charge on any atom is -0.359 e. The van der Waals surface area contributed by atoms with Crippen LogP contribution in [-0.2, 0) is 4.79 Å². The zero-order valence-corrected chi connectivity index (χ0v) is 10.8. The average molecular weight is 250 g/mol. The summed E-state index contributed by atoms with van der Waals surface area (Å²) < 4.78 is 0. The highest BCUT2D eigenvalue weighted by Crippen LogP contribution is 2.38. The Morgan fingerprint density at radius 3 is 3.12 bits per heavy atom. The van der Waals surface area contributed by atoms with Gasteiger partial charge in [0.15, 0.2) is 0 Å². The molecule has 92 valence electrons. The van der Waals surface area contributed by atoms with E-state index in [0.29, 0.717) is 12.3 Å². The van der Waals surface area contributed by atoms with Gasteiger partial charge in [-0.2, -0.15) is 0 Å². The first kappa shape index (κ1) is 12.5. The summed E-state index contributed by atoms with van der Waals surface area (Å²) in [6.07, 6.45) is 0.554. The minimum atomic E-state index is 0.0960. The van der Waals surface area contributed by atoms with Crippen molar-refractivity contribution in [1.82, 2.24) is 10.6 Å². The monoisotopic (exact) mass is 250 g/mol. The molecule has 0 saturated carbocycles. The largest absolute Gasteiger partial charge is 0.359 e. The van der Waals surface area contributed by atoms with Crippen molar-refractivity contribution in [2.75, 3.05) is 25.9 Å². The summed E-state index contributed by atoms with van der Waals surface area (Å²) in [5.41, 5.74) is 1.45. The van der Waals surface area contributed by atoms with E-state index in [1.54, 1.807) is 7.05 Å². The molecule has 1 amide bonds. The number of amides is 1. The van der Waals surface area contributed by atoms with Crippen molar-refractivity contribution in [2.45, 2.75) is 17.2 Å². The molecule has 0 aromatic heterocycles. The van der Waals surface area contributed by atoms with Gasteiger partial charge in [-0.3, -0.25) is 4.79 Å². The van der Waals surface area contributed by atoms with Gasteiger partial charge in [-0.1, -0.05) is 18.2 Å². The van der Waals surface area contributed by atoms with Gasteiger partial charge in [-0.15, -0.1) is 11.8 Å². The summed E-state index contributed by atoms with van der Waals surface area (Å²) in [5.74, 6) is 1.83. The molecule has 1 aromatic rings. The molecule has 0 spiro atoms. The zero-order valence-electron chi connectivity index (χ0n) is 10.0. The van der Waals surface area contributed by atoms with Crippen LogP contribution in [0.15, 0.2) is 29.2 Å². The van der Waals surface area contributed by atoms with Crippen molar-refractivity contribution in [3.05, 3.63) is 29.8 Å². The molecule has 1 atom stereocenters. The number of hydrogen-bond acceptors (Lipinski definition) is 3. The van der Waals surface area contributed by atoms with E-state index < -0.39 is 0 Å². The molecule has 0 aliphatic carbocycles. The molecule has 1 heterocycles. The maximum Gasteiger partial charge on any atom is 0.221 e. The summed E-state index contributed by atoms with van der Waals surface area (Å²) in [5, 5.41) is 5.99. The Morgan fingerprint density at radius 1 is 1.47 bits per heavy atom. The van der Waals surface area contributed by atoms with Crippen molar-refractivity contribution in [2.24, 2.45) is 0 Å². The maximum atomic E-state index is 11.1. The lowest BCUT2D eigenvalue weighted by atomic mass is 10.0. The Hall–Kier alpha value is -1.00. The number of carbonyl (C=O) groups is 1. The Kier molecular flexibility index (Phi) is 4.45. The molecular weight excluding hydrogens is 232 g/mol. The molecule has 1 aliphatic heterocycles. The molecule has 0 bridgehead atoms. The standard InChI is InChI=1S/C13H18N2OS/c1-14-13(16)6-7-15-8-10-9-17-12-5-3-2-4-11(10)12/h2-5,10,15H,6-9H2,1H3,(H,14,16). The molecule has 2 N–H and O–H groups in total. The van der Waals surface area contributed by atoms with E-state index in [2.05, 4.69) is 34.9 Å². The highest BCUT2D eigenvalue weighted by Gasteiger charge is 2.21. The third-order valence-corrected chi connectivity index (χ3v) is 4.25. The number of benzene rings is 1. The Balaban J connectivity index is 1.76. The third-order valence-electron chi connectivity index (χ3n) is 3.00. The van der Waals surface area contributed by atoms with Gasteiger partial charge in [0.1, 0.15) is 0 Å². The molecule has 1 unspecified atom stereocenters. The predicted molar refractivity (Wildman–Crippen MR) is 71.5 cm³/mol. The van der Waals surface area contributed by atoms with Crippen LogP contribution in [0.1, 0.15) is 17.9 Å². The van der Waals surface area contributed by atoms with Gasteiger partial charge in [-0.25, -0.2) is 0 Å². The molecule has 2 rings (SSSR count). The third kappa shape index (κ3) is 3.23. The van der Waals surface area contributed by atoms with Crippen molar-refractivity contribution >= 4 is 17.7 Å². The van der Waals surface area contributed by atoms with E-state index in [1.807, 2.05) is 11.8 Å². The second-order valence-corrected chi connectivity index (χ2v) is 5.23. The van der Waals surface area contributed by atoms with Crippen LogP contribution in [-0.4, -0.2) is 31.8 Å². The topological polar surface area (TPSA) is 41.1 Å². The summed E-state index contributed by atoms with van der Waals surface area (Å²) in [6.45, 7) is 1.71.